The van der Waals surface area contributed by atoms with Crippen LogP contribution in [0, 0.1) is 188 Å². The van der Waals surface area contributed by atoms with Gasteiger partial charge < -0.3 is 14.9 Å². The number of methoxy groups -OCH3 is 1. The molecular weight excluding hydrogens is 1260 g/mol. The Kier molecular flexibility index (Phi) is 40.9. The summed E-state index contributed by atoms with van der Waals surface area (Å²) in [6.07, 6.45) is 0. The van der Waals surface area contributed by atoms with Gasteiger partial charge in [-0.25, -0.2) is 22.0 Å². The van der Waals surface area contributed by atoms with Crippen molar-refractivity contribution in [2.75, 3.05) is 7.11 Å². The van der Waals surface area contributed by atoms with Crippen LogP contribution in [-0.2, 0) is 0 Å². The molecule has 0 atom stereocenters. The van der Waals surface area contributed by atoms with Crippen molar-refractivity contribution in [1.82, 2.24) is 0 Å². The summed E-state index contributed by atoms with van der Waals surface area (Å²) < 4.78 is 67.3. The predicted octanol–water partition coefficient (Wildman–Crippen LogP) is 26.4. The topological polar surface area (TPSA) is 49.7 Å². The van der Waals surface area contributed by atoms with Gasteiger partial charge in [0, 0.05) is 5.02 Å². The van der Waals surface area contributed by atoms with Crippen molar-refractivity contribution in [3.05, 3.63) is 368 Å². The molecule has 528 valence electrons. The van der Waals surface area contributed by atoms with E-state index in [0.717, 1.165) is 83.1 Å². The Morgan fingerprint density at radius 1 is 0.242 bits per heavy atom. The first-order valence-corrected chi connectivity index (χ1v) is 33.3. The highest BCUT2D eigenvalue weighted by molar-refractivity contribution is 6.30. The molecule has 0 saturated heterocycles. The Bertz CT molecular complexity index is 3640. The minimum Gasteiger partial charge on any atom is -0.508 e. The lowest BCUT2D eigenvalue weighted by atomic mass is 10.1. The maximum absolute atomic E-state index is 12.6. The van der Waals surface area contributed by atoms with Crippen LogP contribution in [0.1, 0.15) is 128 Å². The lowest BCUT2D eigenvalue weighted by Crippen LogP contribution is -1.88. The van der Waals surface area contributed by atoms with Crippen molar-refractivity contribution < 1.29 is 36.9 Å². The van der Waals surface area contributed by atoms with Gasteiger partial charge >= 0.3 is 0 Å². The molecule has 2 N–H and O–H groups in total. The quantitative estimate of drug-likeness (QED) is 0.161. The van der Waals surface area contributed by atoms with Crippen molar-refractivity contribution >= 4 is 11.6 Å². The third-order valence-electron chi connectivity index (χ3n) is 17.0. The highest BCUT2D eigenvalue weighted by Crippen LogP contribution is 2.21. The molecule has 3 nitrogen and oxygen atoms in total. The fourth-order valence-electron chi connectivity index (χ4n) is 8.30. The molecule has 0 aliphatic rings. The van der Waals surface area contributed by atoms with E-state index in [0.29, 0.717) is 11.5 Å². The minimum absolute atomic E-state index is 0.116. The average Bonchev–Trinajstić information content (AvgIpc) is 1.09. The summed E-state index contributed by atoms with van der Waals surface area (Å²) in [6.45, 7) is 45.7. The highest BCUT2D eigenvalue weighted by atomic mass is 35.5. The van der Waals surface area contributed by atoms with Crippen molar-refractivity contribution in [3.8, 4) is 17.2 Å². The molecule has 0 bridgehead atoms. The largest absolute Gasteiger partial charge is 0.508 e. The van der Waals surface area contributed by atoms with E-state index in [4.69, 9.17) is 26.6 Å². The van der Waals surface area contributed by atoms with E-state index >= 15 is 0 Å². The van der Waals surface area contributed by atoms with Gasteiger partial charge in [-0.3, -0.25) is 0 Å². The Balaban J connectivity index is 0.000000545. The molecule has 0 aromatic heterocycles. The maximum Gasteiger partial charge on any atom is 0.126 e. The fourth-order valence-corrected chi connectivity index (χ4v) is 8.52. The molecule has 0 unspecified atom stereocenters. The second kappa shape index (κ2) is 46.1. The number of aryl methyl sites for hydroxylation is 18. The molecule has 0 aliphatic heterocycles. The Labute approximate surface area is 597 Å². The van der Waals surface area contributed by atoms with Gasteiger partial charge in [-0.15, -0.1) is 0 Å². The molecule has 0 aliphatic carbocycles. The van der Waals surface area contributed by atoms with Crippen LogP contribution in [0.3, 0.4) is 0 Å². The number of hydrogen-bond donors (Lipinski definition) is 2. The van der Waals surface area contributed by atoms with E-state index < -0.39 is 0 Å². The van der Waals surface area contributed by atoms with E-state index in [1.165, 1.54) is 104 Å². The van der Waals surface area contributed by atoms with Crippen LogP contribution in [-0.4, -0.2) is 17.3 Å². The molecule has 9 heteroatoms. The molecule has 0 heterocycles. The SMILES string of the molecule is COc1cccc(C)c1C.Cc1ccc(Cl)cc1C.Cc1ccc(F)cc1C.Cc1ccc(F)cc1C.Cc1ccc(F)cc1C.Cc1ccc(O)c(C)c1.Cc1cccc(C)c1C.Cc1cccc(F)c1C.Cc1cccc(F)c1C.Cc1cccc(O)c1C.Cc1ccccc1C. The summed E-state index contributed by atoms with van der Waals surface area (Å²) in [5.74, 6) is 1.04. The van der Waals surface area contributed by atoms with Gasteiger partial charge in [0.05, 0.1) is 7.11 Å². The molecule has 0 saturated carbocycles. The summed E-state index contributed by atoms with van der Waals surface area (Å²) in [6, 6.07) is 62.3. The van der Waals surface area contributed by atoms with E-state index in [1.807, 2.05) is 150 Å². The number of phenols is 2. The van der Waals surface area contributed by atoms with Crippen molar-refractivity contribution in [2.24, 2.45) is 0 Å². The summed E-state index contributed by atoms with van der Waals surface area (Å²) in [5, 5.41) is 19.0. The number of phenolic OH excluding ortho intramolecular Hbond substituents is 2. The molecule has 11 aromatic carbocycles. The van der Waals surface area contributed by atoms with E-state index in [1.54, 1.807) is 63.4 Å². The van der Waals surface area contributed by atoms with Crippen LogP contribution in [0.5, 0.6) is 17.2 Å². The normalized spacial score (nSPS) is 9.60. The third-order valence-corrected chi connectivity index (χ3v) is 17.2. The number of aromatic hydroxyl groups is 2. The lowest BCUT2D eigenvalue weighted by molar-refractivity contribution is 0.411. The third kappa shape index (κ3) is 34.7. The zero-order valence-corrected chi connectivity index (χ0v) is 64.0. The van der Waals surface area contributed by atoms with E-state index in [-0.39, 0.29) is 29.1 Å². The number of hydrogen-bond acceptors (Lipinski definition) is 3. The van der Waals surface area contributed by atoms with Gasteiger partial charge in [0.25, 0.3) is 0 Å². The average molecular weight is 1370 g/mol. The molecule has 11 rings (SSSR count). The Morgan fingerprint density at radius 3 is 0.808 bits per heavy atom. The summed E-state index contributed by atoms with van der Waals surface area (Å²) in [7, 11) is 1.70. The van der Waals surface area contributed by atoms with E-state index in [2.05, 4.69) is 111 Å². The molecule has 0 fully saturated rings. The second-order valence-electron chi connectivity index (χ2n) is 24.8. The van der Waals surface area contributed by atoms with Crippen LogP contribution in [0.15, 0.2) is 206 Å². The zero-order valence-electron chi connectivity index (χ0n) is 63.2. The first-order valence-electron chi connectivity index (χ1n) is 32.9. The fraction of sp³-hybridized carbons (Fsp3) is 0.267. The molecular formula is C90H108ClF5O3. The van der Waals surface area contributed by atoms with Gasteiger partial charge in [0.15, 0.2) is 0 Å². The van der Waals surface area contributed by atoms with Gasteiger partial charge in [-0.2, -0.15) is 0 Å². The first kappa shape index (κ1) is 87.8. The summed E-state index contributed by atoms with van der Waals surface area (Å²) in [5.41, 5.74) is 26.1. The monoisotopic (exact) mass is 1370 g/mol. The van der Waals surface area contributed by atoms with Crippen LogP contribution >= 0.6 is 11.6 Å². The maximum atomic E-state index is 12.6. The van der Waals surface area contributed by atoms with Crippen molar-refractivity contribution in [2.45, 2.75) is 159 Å². The van der Waals surface area contributed by atoms with Crippen molar-refractivity contribution in [1.29, 1.82) is 0 Å². The molecule has 0 amide bonds. The van der Waals surface area contributed by atoms with Gasteiger partial charge in [-0.05, 0) is 361 Å². The van der Waals surface area contributed by atoms with Crippen molar-refractivity contribution in [3.63, 3.8) is 0 Å². The number of rotatable bonds is 1. The van der Waals surface area contributed by atoms with Gasteiger partial charge in [0.1, 0.15) is 46.3 Å². The molecule has 0 spiro atoms. The van der Waals surface area contributed by atoms with Gasteiger partial charge in [0.2, 0.25) is 0 Å². The predicted molar refractivity (Wildman–Crippen MR) is 414 cm³/mol. The second-order valence-corrected chi connectivity index (χ2v) is 25.2. The highest BCUT2D eigenvalue weighted by Gasteiger charge is 2.01. The lowest BCUT2D eigenvalue weighted by Gasteiger charge is -2.05. The first-order chi connectivity index (χ1) is 46.4. The minimum atomic E-state index is -0.155. The van der Waals surface area contributed by atoms with Crippen LogP contribution in [0.25, 0.3) is 0 Å². The Hall–Kier alpha value is -9.24. The number of ether oxygens (including phenoxy) is 1. The van der Waals surface area contributed by atoms with Crippen LogP contribution in [0.2, 0.25) is 5.02 Å². The zero-order chi connectivity index (χ0) is 75.2. The smallest absolute Gasteiger partial charge is 0.126 e. The van der Waals surface area contributed by atoms with Crippen LogP contribution < -0.4 is 4.74 Å². The Morgan fingerprint density at radius 2 is 0.545 bits per heavy atom. The molecule has 0 radical (unpaired) electrons. The van der Waals surface area contributed by atoms with Crippen LogP contribution in [0.4, 0.5) is 22.0 Å². The molecule has 11 aromatic rings. The van der Waals surface area contributed by atoms with E-state index in [9.17, 15) is 22.0 Å². The number of halogens is 6. The summed E-state index contributed by atoms with van der Waals surface area (Å²) >= 11 is 5.72. The summed E-state index contributed by atoms with van der Waals surface area (Å²) in [4.78, 5) is 0. The molecule has 99 heavy (non-hydrogen) atoms. The number of benzene rings is 11. The van der Waals surface area contributed by atoms with Gasteiger partial charge in [-0.1, -0.05) is 145 Å². The standard InChI is InChI=1S/C9H12O.C9H12.C8H9Cl.5C8H9F.2C8H10O.C8H10/c1-7-5-4-6-9(10-3)8(7)2;1-7-5-4-6-8(2)9(7)3;4*1-6-3-4-8(9)5-7(6)2;2*1-6-4-3-5-8(9)7(6)2;1-6-3-4-8(9)7(2)5-6;1-6-4-3-5-8(9)7(6)2;1-7-5-3-4-6-8(7)2/h4-6H,1-3H3;4-6H,1-3H3;6*3-5H,1-2H3;2*3-5,9H,1-2H3;3-6H,1-2H3.